The van der Waals surface area contributed by atoms with Crippen LogP contribution in [0.15, 0.2) is 23.6 Å². The number of halogens is 3. The molecule has 2 rings (SSSR count). The van der Waals surface area contributed by atoms with Crippen LogP contribution in [0, 0.1) is 6.92 Å². The number of nitrogens with one attached hydrogen (secondary N) is 1. The van der Waals surface area contributed by atoms with Crippen LogP contribution in [-0.4, -0.2) is 37.9 Å². The van der Waals surface area contributed by atoms with Gasteiger partial charge in [0.05, 0.1) is 17.5 Å². The minimum Gasteiger partial charge on any atom is -0.275 e. The van der Waals surface area contributed by atoms with Crippen LogP contribution in [-0.2, 0) is 13.6 Å². The summed E-state index contributed by atoms with van der Waals surface area (Å²) in [5, 5.41) is 11.3. The van der Waals surface area contributed by atoms with Crippen LogP contribution < -0.4 is 5.43 Å². The molecule has 118 valence electrons. The molecule has 0 unspecified atom stereocenters. The van der Waals surface area contributed by atoms with Crippen molar-refractivity contribution in [2.24, 2.45) is 12.1 Å². The van der Waals surface area contributed by atoms with Crippen molar-refractivity contribution in [2.45, 2.75) is 19.6 Å². The summed E-state index contributed by atoms with van der Waals surface area (Å²) in [6.45, 7) is 0.500. The van der Waals surface area contributed by atoms with Crippen LogP contribution in [0.4, 0.5) is 13.2 Å². The first-order valence-corrected chi connectivity index (χ1v) is 6.18. The lowest BCUT2D eigenvalue weighted by Gasteiger charge is -2.04. The van der Waals surface area contributed by atoms with Gasteiger partial charge in [-0.1, -0.05) is 0 Å². The van der Waals surface area contributed by atoms with Gasteiger partial charge in [0.25, 0.3) is 5.91 Å². The highest BCUT2D eigenvalue weighted by Crippen LogP contribution is 2.16. The van der Waals surface area contributed by atoms with Gasteiger partial charge in [0.15, 0.2) is 0 Å². The Hall–Kier alpha value is -2.65. The van der Waals surface area contributed by atoms with E-state index in [-0.39, 0.29) is 5.69 Å². The van der Waals surface area contributed by atoms with Crippen LogP contribution >= 0.6 is 0 Å². The molecule has 0 aromatic carbocycles. The molecule has 7 nitrogen and oxygen atoms in total. The Bertz CT molecular complexity index is 700. The standard InChI is InChI=1S/C12H13F3N6O/c1-8-10(6-20(2)18-8)11(22)17-16-5-9-3-4-21(19-9)7-12(13,14)15/h3-6H,7H2,1-2H3,(H,17,22). The fraction of sp³-hybridized carbons (Fsp3) is 0.333. The molecule has 2 heterocycles. The molecule has 0 aliphatic carbocycles. The maximum Gasteiger partial charge on any atom is 0.408 e. The molecule has 0 aliphatic heterocycles. The lowest BCUT2D eigenvalue weighted by Crippen LogP contribution is -2.19. The predicted octanol–water partition coefficient (Wildman–Crippen LogP) is 1.25. The maximum absolute atomic E-state index is 12.2. The zero-order valence-corrected chi connectivity index (χ0v) is 11.8. The van der Waals surface area contributed by atoms with Crippen molar-refractivity contribution >= 4 is 12.1 Å². The average Bonchev–Trinajstić information content (AvgIpc) is 2.94. The molecule has 10 heteroatoms. The fourth-order valence-corrected chi connectivity index (χ4v) is 1.76. The van der Waals surface area contributed by atoms with E-state index < -0.39 is 18.6 Å². The van der Waals surface area contributed by atoms with E-state index >= 15 is 0 Å². The van der Waals surface area contributed by atoms with Gasteiger partial charge < -0.3 is 0 Å². The number of carbonyl (C=O) groups is 1. The minimum absolute atomic E-state index is 0.201. The van der Waals surface area contributed by atoms with E-state index in [0.717, 1.165) is 10.9 Å². The molecule has 22 heavy (non-hydrogen) atoms. The predicted molar refractivity (Wildman–Crippen MR) is 71.3 cm³/mol. The Balaban J connectivity index is 1.95. The van der Waals surface area contributed by atoms with E-state index in [1.54, 1.807) is 14.0 Å². The third-order valence-corrected chi connectivity index (χ3v) is 2.62. The Labute approximate surface area is 123 Å². The van der Waals surface area contributed by atoms with E-state index in [4.69, 9.17) is 0 Å². The van der Waals surface area contributed by atoms with Crippen LogP contribution in [0.5, 0.6) is 0 Å². The second-order valence-corrected chi connectivity index (χ2v) is 4.55. The molecule has 2 aromatic heterocycles. The van der Waals surface area contributed by atoms with Gasteiger partial charge >= 0.3 is 6.18 Å². The molecule has 1 amide bonds. The Morgan fingerprint density at radius 2 is 2.18 bits per heavy atom. The Kier molecular flexibility index (Phi) is 4.29. The van der Waals surface area contributed by atoms with E-state index in [1.807, 2.05) is 0 Å². The number of carbonyl (C=O) groups excluding carboxylic acids is 1. The average molecular weight is 314 g/mol. The largest absolute Gasteiger partial charge is 0.408 e. The quantitative estimate of drug-likeness (QED) is 0.681. The second-order valence-electron chi connectivity index (χ2n) is 4.55. The van der Waals surface area contributed by atoms with Gasteiger partial charge in [-0.25, -0.2) is 5.43 Å². The molecule has 0 saturated carbocycles. The van der Waals surface area contributed by atoms with Crippen molar-refractivity contribution in [2.75, 3.05) is 0 Å². The summed E-state index contributed by atoms with van der Waals surface area (Å²) in [6, 6.07) is 1.36. The third kappa shape index (κ3) is 4.17. The van der Waals surface area contributed by atoms with Crippen LogP contribution in [0.2, 0.25) is 0 Å². The lowest BCUT2D eigenvalue weighted by molar-refractivity contribution is -0.142. The summed E-state index contributed by atoms with van der Waals surface area (Å²) in [4.78, 5) is 11.8. The highest BCUT2D eigenvalue weighted by Gasteiger charge is 2.28. The summed E-state index contributed by atoms with van der Waals surface area (Å²) >= 11 is 0. The van der Waals surface area contributed by atoms with E-state index in [1.165, 1.54) is 23.1 Å². The smallest absolute Gasteiger partial charge is 0.275 e. The number of amides is 1. The van der Waals surface area contributed by atoms with E-state index in [2.05, 4.69) is 20.7 Å². The number of alkyl halides is 3. The van der Waals surface area contributed by atoms with E-state index in [9.17, 15) is 18.0 Å². The zero-order valence-electron chi connectivity index (χ0n) is 11.8. The normalized spacial score (nSPS) is 12.0. The first-order chi connectivity index (χ1) is 10.2. The molecular formula is C12H13F3N6O. The maximum atomic E-state index is 12.2. The number of hydrogen-bond donors (Lipinski definition) is 1. The first-order valence-electron chi connectivity index (χ1n) is 6.18. The van der Waals surface area contributed by atoms with Gasteiger partial charge in [-0.15, -0.1) is 0 Å². The van der Waals surface area contributed by atoms with Gasteiger partial charge in [0.1, 0.15) is 12.2 Å². The molecule has 0 saturated heterocycles. The monoisotopic (exact) mass is 314 g/mol. The SMILES string of the molecule is Cc1nn(C)cc1C(=O)NN=Cc1ccn(CC(F)(F)F)n1. The van der Waals surface area contributed by atoms with Crippen molar-refractivity contribution in [3.63, 3.8) is 0 Å². The summed E-state index contributed by atoms with van der Waals surface area (Å²) < 4.78 is 38.8. The lowest BCUT2D eigenvalue weighted by atomic mass is 10.2. The van der Waals surface area contributed by atoms with E-state index in [0.29, 0.717) is 11.3 Å². The first kappa shape index (κ1) is 15.7. The number of aromatic nitrogens is 4. The molecular weight excluding hydrogens is 301 g/mol. The summed E-state index contributed by atoms with van der Waals surface area (Å²) in [6.07, 6.45) is -0.455. The molecule has 0 spiro atoms. The van der Waals surface area contributed by atoms with Crippen molar-refractivity contribution in [1.82, 2.24) is 25.0 Å². The molecule has 0 atom stereocenters. The summed E-state index contributed by atoms with van der Waals surface area (Å²) in [5.41, 5.74) is 3.38. The second kappa shape index (κ2) is 6.00. The molecule has 0 bridgehead atoms. The Morgan fingerprint density at radius 3 is 2.77 bits per heavy atom. The fourth-order valence-electron chi connectivity index (χ4n) is 1.76. The van der Waals surface area contributed by atoms with Gasteiger partial charge in [0, 0.05) is 19.4 Å². The highest BCUT2D eigenvalue weighted by atomic mass is 19.4. The van der Waals surface area contributed by atoms with Gasteiger partial charge in [-0.2, -0.15) is 28.5 Å². The number of aryl methyl sites for hydroxylation is 2. The van der Waals surface area contributed by atoms with Crippen LogP contribution in [0.3, 0.4) is 0 Å². The Morgan fingerprint density at radius 1 is 1.45 bits per heavy atom. The number of nitrogens with zero attached hydrogens (tertiary/aromatic N) is 5. The topological polar surface area (TPSA) is 77.1 Å². The minimum atomic E-state index is -4.34. The summed E-state index contributed by atoms with van der Waals surface area (Å²) in [5.74, 6) is -0.462. The van der Waals surface area contributed by atoms with Crippen LogP contribution in [0.1, 0.15) is 21.7 Å². The number of hydrazone groups is 1. The molecule has 2 aromatic rings. The highest BCUT2D eigenvalue weighted by molar-refractivity contribution is 5.95. The molecule has 0 radical (unpaired) electrons. The number of hydrogen-bond acceptors (Lipinski definition) is 4. The summed E-state index contributed by atoms with van der Waals surface area (Å²) in [7, 11) is 1.68. The zero-order chi connectivity index (χ0) is 16.3. The third-order valence-electron chi connectivity index (χ3n) is 2.62. The van der Waals surface area contributed by atoms with Gasteiger partial charge in [-0.05, 0) is 13.0 Å². The van der Waals surface area contributed by atoms with Crippen molar-refractivity contribution in [3.8, 4) is 0 Å². The van der Waals surface area contributed by atoms with Crippen molar-refractivity contribution < 1.29 is 18.0 Å². The van der Waals surface area contributed by atoms with Crippen molar-refractivity contribution in [1.29, 1.82) is 0 Å². The molecule has 0 aliphatic rings. The molecule has 0 fully saturated rings. The van der Waals surface area contributed by atoms with Gasteiger partial charge in [-0.3, -0.25) is 14.2 Å². The molecule has 1 N–H and O–H groups in total. The van der Waals surface area contributed by atoms with Gasteiger partial charge in [0.2, 0.25) is 0 Å². The van der Waals surface area contributed by atoms with Crippen molar-refractivity contribution in [3.05, 3.63) is 35.4 Å². The number of rotatable bonds is 4. The van der Waals surface area contributed by atoms with Crippen LogP contribution in [0.25, 0.3) is 0 Å².